The summed E-state index contributed by atoms with van der Waals surface area (Å²) in [7, 11) is 0. The van der Waals surface area contributed by atoms with Crippen LogP contribution in [0.4, 0.5) is 0 Å². The van der Waals surface area contributed by atoms with E-state index >= 15 is 0 Å². The standard InChI is InChI=1S/C13H20O.C10H14O/c1-2-3-4-5-6-7-12-8-10-13(14)11-9-12;1-2-3-6-9-7-4-5-8-10(9)11/h8-11,14H,2-7H2,1H3;4-5,7-8,11H,2-3,6H2,1H3. The zero-order valence-electron chi connectivity index (χ0n) is 15.9. The average Bonchev–Trinajstić information content (AvgIpc) is 2.63. The highest BCUT2D eigenvalue weighted by Crippen LogP contribution is 2.17. The smallest absolute Gasteiger partial charge is 0.118 e. The summed E-state index contributed by atoms with van der Waals surface area (Å²) in [6.45, 7) is 4.39. The van der Waals surface area contributed by atoms with Gasteiger partial charge in [-0.05, 0) is 55.0 Å². The fourth-order valence-corrected chi connectivity index (χ4v) is 2.68. The first kappa shape index (κ1) is 21.1. The Labute approximate surface area is 153 Å². The molecule has 0 aromatic heterocycles. The number of phenols is 2. The molecule has 2 heteroatoms. The highest BCUT2D eigenvalue weighted by atomic mass is 16.3. The van der Waals surface area contributed by atoms with Gasteiger partial charge in [-0.2, -0.15) is 0 Å². The predicted octanol–water partition coefficient (Wildman–Crippen LogP) is 6.64. The molecular weight excluding hydrogens is 308 g/mol. The fourth-order valence-electron chi connectivity index (χ4n) is 2.68. The molecule has 2 aromatic carbocycles. The van der Waals surface area contributed by atoms with Crippen LogP contribution in [-0.2, 0) is 12.8 Å². The largest absolute Gasteiger partial charge is 0.508 e. The van der Waals surface area contributed by atoms with Gasteiger partial charge in [0.2, 0.25) is 0 Å². The highest BCUT2D eigenvalue weighted by molar-refractivity contribution is 5.31. The van der Waals surface area contributed by atoms with Gasteiger partial charge in [0.05, 0.1) is 0 Å². The normalized spacial score (nSPS) is 10.2. The van der Waals surface area contributed by atoms with Crippen LogP contribution >= 0.6 is 0 Å². The molecular formula is C23H34O2. The first-order valence-corrected chi connectivity index (χ1v) is 9.72. The van der Waals surface area contributed by atoms with Crippen molar-refractivity contribution in [2.75, 3.05) is 0 Å². The van der Waals surface area contributed by atoms with Crippen molar-refractivity contribution in [1.29, 1.82) is 0 Å². The van der Waals surface area contributed by atoms with E-state index in [9.17, 15) is 5.11 Å². The maximum Gasteiger partial charge on any atom is 0.118 e. The van der Waals surface area contributed by atoms with Crippen molar-refractivity contribution in [2.24, 2.45) is 0 Å². The lowest BCUT2D eigenvalue weighted by Crippen LogP contribution is -1.85. The lowest BCUT2D eigenvalue weighted by atomic mass is 10.1. The van der Waals surface area contributed by atoms with Gasteiger partial charge in [-0.15, -0.1) is 0 Å². The fraction of sp³-hybridized carbons (Fsp3) is 0.478. The number of aryl methyl sites for hydroxylation is 2. The second-order valence-electron chi connectivity index (χ2n) is 6.56. The molecule has 0 bridgehead atoms. The molecule has 0 heterocycles. The van der Waals surface area contributed by atoms with Crippen molar-refractivity contribution in [3.05, 3.63) is 59.7 Å². The van der Waals surface area contributed by atoms with Crippen LogP contribution in [0.25, 0.3) is 0 Å². The molecule has 2 N–H and O–H groups in total. The molecule has 0 aliphatic heterocycles. The number of hydrogen-bond donors (Lipinski definition) is 2. The third kappa shape index (κ3) is 9.81. The van der Waals surface area contributed by atoms with Crippen molar-refractivity contribution in [3.8, 4) is 11.5 Å². The minimum absolute atomic E-state index is 0.361. The van der Waals surface area contributed by atoms with Crippen LogP contribution in [0.2, 0.25) is 0 Å². The summed E-state index contributed by atoms with van der Waals surface area (Å²) in [5.41, 5.74) is 2.40. The average molecular weight is 343 g/mol. The van der Waals surface area contributed by atoms with Crippen LogP contribution in [-0.4, -0.2) is 10.2 Å². The Morgan fingerprint density at radius 2 is 1.28 bits per heavy atom. The van der Waals surface area contributed by atoms with E-state index in [1.165, 1.54) is 44.1 Å². The SMILES string of the molecule is CCCCCCCc1ccc(O)cc1.CCCCc1ccccc1O. The molecule has 0 aliphatic rings. The van der Waals surface area contributed by atoms with E-state index in [1.54, 1.807) is 18.2 Å². The van der Waals surface area contributed by atoms with Crippen LogP contribution < -0.4 is 0 Å². The maximum atomic E-state index is 9.34. The van der Waals surface area contributed by atoms with E-state index < -0.39 is 0 Å². The molecule has 25 heavy (non-hydrogen) atoms. The van der Waals surface area contributed by atoms with E-state index in [4.69, 9.17) is 5.11 Å². The number of para-hydroxylation sites is 1. The monoisotopic (exact) mass is 342 g/mol. The lowest BCUT2D eigenvalue weighted by molar-refractivity contribution is 0.467. The molecule has 0 saturated heterocycles. The van der Waals surface area contributed by atoms with Crippen molar-refractivity contribution < 1.29 is 10.2 Å². The van der Waals surface area contributed by atoms with Crippen LogP contribution in [0.1, 0.15) is 69.9 Å². The van der Waals surface area contributed by atoms with Crippen molar-refractivity contribution in [2.45, 2.75) is 71.6 Å². The van der Waals surface area contributed by atoms with Crippen LogP contribution in [0.15, 0.2) is 48.5 Å². The third-order valence-corrected chi connectivity index (χ3v) is 4.30. The second kappa shape index (κ2) is 13.3. The molecule has 0 fully saturated rings. The highest BCUT2D eigenvalue weighted by Gasteiger charge is 1.96. The van der Waals surface area contributed by atoms with Crippen molar-refractivity contribution in [1.82, 2.24) is 0 Å². The Morgan fingerprint density at radius 1 is 0.640 bits per heavy atom. The Morgan fingerprint density at radius 3 is 1.92 bits per heavy atom. The van der Waals surface area contributed by atoms with E-state index in [0.29, 0.717) is 11.5 Å². The molecule has 0 saturated carbocycles. The van der Waals surface area contributed by atoms with Crippen LogP contribution in [0, 0.1) is 0 Å². The van der Waals surface area contributed by atoms with Gasteiger partial charge in [-0.1, -0.05) is 76.3 Å². The summed E-state index contributed by atoms with van der Waals surface area (Å²) in [6.07, 6.45) is 11.1. The van der Waals surface area contributed by atoms with Gasteiger partial charge in [0.15, 0.2) is 0 Å². The molecule has 0 radical (unpaired) electrons. The molecule has 0 unspecified atom stereocenters. The first-order valence-electron chi connectivity index (χ1n) is 9.72. The molecule has 0 amide bonds. The van der Waals surface area contributed by atoms with Crippen LogP contribution in [0.5, 0.6) is 11.5 Å². The summed E-state index contributed by atoms with van der Waals surface area (Å²) < 4.78 is 0. The zero-order valence-corrected chi connectivity index (χ0v) is 15.9. The first-order chi connectivity index (χ1) is 12.2. The summed E-state index contributed by atoms with van der Waals surface area (Å²) in [5, 5.41) is 18.4. The van der Waals surface area contributed by atoms with Gasteiger partial charge in [-0.25, -0.2) is 0 Å². The van der Waals surface area contributed by atoms with Gasteiger partial charge >= 0.3 is 0 Å². The quantitative estimate of drug-likeness (QED) is 0.501. The maximum absolute atomic E-state index is 9.34. The van der Waals surface area contributed by atoms with Gasteiger partial charge in [0.1, 0.15) is 11.5 Å². The summed E-state index contributed by atoms with van der Waals surface area (Å²) in [4.78, 5) is 0. The van der Waals surface area contributed by atoms with Gasteiger partial charge in [0, 0.05) is 0 Å². The summed E-state index contributed by atoms with van der Waals surface area (Å²) >= 11 is 0. The summed E-state index contributed by atoms with van der Waals surface area (Å²) in [5.74, 6) is 0.792. The van der Waals surface area contributed by atoms with Gasteiger partial charge in [0.25, 0.3) is 0 Å². The van der Waals surface area contributed by atoms with Crippen LogP contribution in [0.3, 0.4) is 0 Å². The van der Waals surface area contributed by atoms with E-state index in [1.807, 2.05) is 30.3 Å². The van der Waals surface area contributed by atoms with E-state index in [0.717, 1.165) is 24.8 Å². The molecule has 138 valence electrons. The van der Waals surface area contributed by atoms with E-state index in [-0.39, 0.29) is 0 Å². The number of unbranched alkanes of at least 4 members (excludes halogenated alkanes) is 5. The summed E-state index contributed by atoms with van der Waals surface area (Å²) in [6, 6.07) is 15.1. The minimum Gasteiger partial charge on any atom is -0.508 e. The molecule has 0 aliphatic carbocycles. The minimum atomic E-state index is 0.361. The third-order valence-electron chi connectivity index (χ3n) is 4.30. The van der Waals surface area contributed by atoms with E-state index in [2.05, 4.69) is 13.8 Å². The number of hydrogen-bond acceptors (Lipinski definition) is 2. The Balaban J connectivity index is 0.000000257. The zero-order chi connectivity index (χ0) is 18.3. The van der Waals surface area contributed by atoms with Crippen molar-refractivity contribution in [3.63, 3.8) is 0 Å². The Kier molecular flexibility index (Phi) is 11.3. The molecule has 0 spiro atoms. The number of phenolic OH excluding ortho intramolecular Hbond substituents is 2. The Hall–Kier alpha value is -1.96. The van der Waals surface area contributed by atoms with Crippen molar-refractivity contribution >= 4 is 0 Å². The predicted molar refractivity (Wildman–Crippen MR) is 107 cm³/mol. The molecule has 2 rings (SSSR count). The topological polar surface area (TPSA) is 40.5 Å². The lowest BCUT2D eigenvalue weighted by Gasteiger charge is -2.01. The number of aromatic hydroxyl groups is 2. The molecule has 2 nitrogen and oxygen atoms in total. The number of rotatable bonds is 9. The Bertz CT molecular complexity index is 561. The molecule has 2 aromatic rings. The van der Waals surface area contributed by atoms with Gasteiger partial charge in [-0.3, -0.25) is 0 Å². The molecule has 0 atom stereocenters. The second-order valence-corrected chi connectivity index (χ2v) is 6.56. The number of benzene rings is 2. The van der Waals surface area contributed by atoms with Gasteiger partial charge < -0.3 is 10.2 Å².